The van der Waals surface area contributed by atoms with Gasteiger partial charge in [0.15, 0.2) is 11.6 Å². The minimum absolute atomic E-state index is 0.0661. The first-order chi connectivity index (χ1) is 18.5. The molecule has 1 aliphatic carbocycles. The van der Waals surface area contributed by atoms with Crippen molar-refractivity contribution < 1.29 is 4.79 Å². The predicted molar refractivity (Wildman–Crippen MR) is 149 cm³/mol. The molecule has 5 aromatic rings. The molecule has 0 amide bonds. The molecule has 4 N–H and O–H groups in total. The van der Waals surface area contributed by atoms with Gasteiger partial charge in [-0.15, -0.1) is 11.3 Å². The fourth-order valence-corrected chi connectivity index (χ4v) is 5.82. The van der Waals surface area contributed by atoms with Crippen LogP contribution in [-0.4, -0.2) is 55.0 Å². The number of imidazole rings is 1. The van der Waals surface area contributed by atoms with Gasteiger partial charge in [0.05, 0.1) is 34.2 Å². The van der Waals surface area contributed by atoms with Crippen molar-refractivity contribution in [3.63, 3.8) is 0 Å². The topological polar surface area (TPSA) is 129 Å². The third-order valence-corrected chi connectivity index (χ3v) is 8.13. The molecule has 1 aliphatic heterocycles. The minimum Gasteiger partial charge on any atom is -0.352 e. The molecule has 5 heterocycles. The molecular weight excluding hydrogens is 496 g/mol. The number of ketones is 1. The van der Waals surface area contributed by atoms with E-state index < -0.39 is 0 Å². The van der Waals surface area contributed by atoms with Crippen LogP contribution in [0.2, 0.25) is 0 Å². The second kappa shape index (κ2) is 8.86. The average molecular weight is 521 g/mol. The normalized spacial score (nSPS) is 15.3. The Balaban J connectivity index is 1.27. The molecule has 38 heavy (non-hydrogen) atoms. The third-order valence-electron chi connectivity index (χ3n) is 6.91. The number of benzene rings is 1. The van der Waals surface area contributed by atoms with Gasteiger partial charge in [-0.05, 0) is 31.2 Å². The van der Waals surface area contributed by atoms with Crippen molar-refractivity contribution in [2.24, 2.45) is 5.73 Å². The van der Waals surface area contributed by atoms with Gasteiger partial charge < -0.3 is 15.6 Å². The maximum atomic E-state index is 11.9. The zero-order valence-electron chi connectivity index (χ0n) is 20.6. The summed E-state index contributed by atoms with van der Waals surface area (Å²) < 4.78 is 0. The number of H-pyrrole nitrogens is 2. The molecule has 7 rings (SSSR count). The highest BCUT2D eigenvalue weighted by atomic mass is 32.1. The zero-order chi connectivity index (χ0) is 25.8. The molecule has 0 atom stereocenters. The van der Waals surface area contributed by atoms with Gasteiger partial charge in [-0.1, -0.05) is 24.3 Å². The van der Waals surface area contributed by atoms with E-state index in [-0.39, 0.29) is 11.8 Å². The summed E-state index contributed by atoms with van der Waals surface area (Å²) in [5, 5.41) is 8.69. The van der Waals surface area contributed by atoms with Crippen LogP contribution in [-0.2, 0) is 6.42 Å². The highest BCUT2D eigenvalue weighted by Gasteiger charge is 2.25. The first-order valence-electron chi connectivity index (χ1n) is 12.4. The number of aromatic nitrogens is 6. The Labute approximate surface area is 222 Å². The molecule has 9 nitrogen and oxygen atoms in total. The highest BCUT2D eigenvalue weighted by Crippen LogP contribution is 2.35. The average Bonchev–Trinajstić information content (AvgIpc) is 3.63. The second-order valence-electron chi connectivity index (χ2n) is 9.61. The Morgan fingerprint density at radius 2 is 2.03 bits per heavy atom. The fourth-order valence-electron chi connectivity index (χ4n) is 4.89. The smallest absolute Gasteiger partial charge is 0.169 e. The van der Waals surface area contributed by atoms with Crippen molar-refractivity contribution in [2.45, 2.75) is 19.4 Å². The summed E-state index contributed by atoms with van der Waals surface area (Å²) in [6, 6.07) is 10.2. The van der Waals surface area contributed by atoms with Crippen molar-refractivity contribution in [2.75, 3.05) is 18.0 Å². The summed E-state index contributed by atoms with van der Waals surface area (Å²) >= 11 is 1.49. The van der Waals surface area contributed by atoms with Crippen LogP contribution < -0.4 is 10.6 Å². The number of fused-ring (bicyclic) bond motifs is 2. The summed E-state index contributed by atoms with van der Waals surface area (Å²) in [5.41, 5.74) is 12.2. The SMILES string of the molecule is CC(=O)c1ccc(C2=CC=CCc3[nH]c(-c4n[nH]c5ccc(-c6cncc(N7CC(N)C7)n6)cc45)nc32)s1. The largest absolute Gasteiger partial charge is 0.352 e. The third kappa shape index (κ3) is 3.85. The van der Waals surface area contributed by atoms with Gasteiger partial charge >= 0.3 is 0 Å². The van der Waals surface area contributed by atoms with Crippen LogP contribution in [0.15, 0.2) is 61.0 Å². The van der Waals surface area contributed by atoms with Crippen LogP contribution in [0.3, 0.4) is 0 Å². The van der Waals surface area contributed by atoms with Crippen molar-refractivity contribution >= 4 is 39.4 Å². The number of hydrogen-bond acceptors (Lipinski definition) is 8. The molecule has 1 saturated heterocycles. The van der Waals surface area contributed by atoms with Crippen LogP contribution >= 0.6 is 11.3 Å². The lowest BCUT2D eigenvalue weighted by molar-refractivity contribution is 0.102. The van der Waals surface area contributed by atoms with Gasteiger partial charge in [0, 0.05) is 52.6 Å². The lowest BCUT2D eigenvalue weighted by Gasteiger charge is -2.37. The Bertz CT molecular complexity index is 1770. The first kappa shape index (κ1) is 22.8. The molecule has 0 spiro atoms. The summed E-state index contributed by atoms with van der Waals surface area (Å²) in [6.45, 7) is 3.17. The summed E-state index contributed by atoms with van der Waals surface area (Å²) in [5.74, 6) is 1.59. The van der Waals surface area contributed by atoms with Crippen LogP contribution in [0.5, 0.6) is 0 Å². The zero-order valence-corrected chi connectivity index (χ0v) is 21.4. The van der Waals surface area contributed by atoms with E-state index in [4.69, 9.17) is 15.7 Å². The van der Waals surface area contributed by atoms with Gasteiger partial charge in [-0.2, -0.15) is 5.10 Å². The second-order valence-corrected chi connectivity index (χ2v) is 10.7. The van der Waals surface area contributed by atoms with Crippen LogP contribution in [0.25, 0.3) is 39.3 Å². The van der Waals surface area contributed by atoms with E-state index in [1.54, 1.807) is 19.3 Å². The molecule has 0 unspecified atom stereocenters. The fraction of sp³-hybridized carbons (Fsp3) is 0.179. The van der Waals surface area contributed by atoms with E-state index in [0.717, 1.165) is 79.9 Å². The van der Waals surface area contributed by atoms with Gasteiger partial charge in [0.1, 0.15) is 11.5 Å². The Kier molecular flexibility index (Phi) is 5.31. The number of carbonyl (C=O) groups excluding carboxylic acids is 1. The molecule has 1 aromatic carbocycles. The Hall–Kier alpha value is -4.41. The monoisotopic (exact) mass is 520 g/mol. The molecule has 2 aliphatic rings. The van der Waals surface area contributed by atoms with Crippen LogP contribution in [0.4, 0.5) is 5.82 Å². The van der Waals surface area contributed by atoms with Crippen molar-refractivity contribution in [3.05, 3.63) is 82.1 Å². The van der Waals surface area contributed by atoms with E-state index in [2.05, 4.69) is 43.3 Å². The lowest BCUT2D eigenvalue weighted by Crippen LogP contribution is -2.56. The van der Waals surface area contributed by atoms with Gasteiger partial charge in [-0.25, -0.2) is 9.97 Å². The van der Waals surface area contributed by atoms with Gasteiger partial charge in [-0.3, -0.25) is 14.9 Å². The first-order valence-corrected chi connectivity index (χ1v) is 13.2. The lowest BCUT2D eigenvalue weighted by atomic mass is 10.1. The highest BCUT2D eigenvalue weighted by molar-refractivity contribution is 7.15. The molecule has 1 fully saturated rings. The van der Waals surface area contributed by atoms with Crippen LogP contribution in [0, 0.1) is 0 Å². The van der Waals surface area contributed by atoms with E-state index in [9.17, 15) is 4.79 Å². The standard InChI is InChI=1S/C28H24N8OS/c1-15(37)23-8-9-24(38-23)18-4-2-3-5-21-26(18)33-28(32-21)27-19-10-16(6-7-20(19)34-35-27)22-11-30-12-25(31-22)36-13-17(29)14-36/h2-4,6-12,17H,5,13-14,29H2,1H3,(H,32,33)(H,34,35). The van der Waals surface area contributed by atoms with E-state index in [0.29, 0.717) is 5.82 Å². The number of thiophene rings is 1. The number of carbonyl (C=O) groups is 1. The molecule has 10 heteroatoms. The molecule has 4 aromatic heterocycles. The minimum atomic E-state index is 0.0661. The molecule has 0 bridgehead atoms. The van der Waals surface area contributed by atoms with E-state index >= 15 is 0 Å². The number of Topliss-reactive ketones (excluding diaryl/α,β-unsaturated/α-hetero) is 1. The molecule has 0 radical (unpaired) electrons. The summed E-state index contributed by atoms with van der Waals surface area (Å²) in [6.07, 6.45) is 10.5. The summed E-state index contributed by atoms with van der Waals surface area (Å²) in [4.78, 5) is 33.5. The predicted octanol–water partition coefficient (Wildman–Crippen LogP) is 4.37. The quantitative estimate of drug-likeness (QED) is 0.294. The maximum Gasteiger partial charge on any atom is 0.169 e. The van der Waals surface area contributed by atoms with Crippen molar-refractivity contribution in [1.82, 2.24) is 30.1 Å². The van der Waals surface area contributed by atoms with E-state index in [1.807, 2.05) is 30.3 Å². The number of nitrogens with two attached hydrogens (primary N) is 1. The number of anilines is 1. The maximum absolute atomic E-state index is 11.9. The number of hydrogen-bond donors (Lipinski definition) is 3. The number of aromatic amines is 2. The molecule has 188 valence electrons. The van der Waals surface area contributed by atoms with Crippen molar-refractivity contribution in [1.29, 1.82) is 0 Å². The molecule has 0 saturated carbocycles. The number of nitrogens with one attached hydrogen (secondary N) is 2. The Morgan fingerprint density at radius 1 is 1.13 bits per heavy atom. The Morgan fingerprint density at radius 3 is 2.84 bits per heavy atom. The van der Waals surface area contributed by atoms with Gasteiger partial charge in [0.2, 0.25) is 0 Å². The van der Waals surface area contributed by atoms with Gasteiger partial charge in [0.25, 0.3) is 0 Å². The molecular formula is C28H24N8OS. The number of rotatable bonds is 5. The van der Waals surface area contributed by atoms with E-state index in [1.165, 1.54) is 11.3 Å². The number of allylic oxidation sites excluding steroid dienone is 3. The van der Waals surface area contributed by atoms with Crippen molar-refractivity contribution in [3.8, 4) is 22.8 Å². The summed E-state index contributed by atoms with van der Waals surface area (Å²) in [7, 11) is 0. The van der Waals surface area contributed by atoms with Crippen LogP contribution in [0.1, 0.15) is 32.9 Å². The number of nitrogens with zero attached hydrogens (tertiary/aromatic N) is 5.